The first-order valence-corrected chi connectivity index (χ1v) is 36.7. The van der Waals surface area contributed by atoms with E-state index >= 15 is 0 Å². The highest BCUT2D eigenvalue weighted by Crippen LogP contribution is 2.38. The van der Waals surface area contributed by atoms with Gasteiger partial charge in [-0.2, -0.15) is 0 Å². The van der Waals surface area contributed by atoms with Crippen molar-refractivity contribution in [1.29, 1.82) is 0 Å². The van der Waals surface area contributed by atoms with Gasteiger partial charge in [-0.15, -0.1) is 0 Å². The third-order valence-electron chi connectivity index (χ3n) is 15.5. The number of unbranched alkanes of at least 4 members (excludes halogenated alkanes) is 33. The van der Waals surface area contributed by atoms with Gasteiger partial charge in [0.05, 0.1) is 39.9 Å². The van der Waals surface area contributed by atoms with Crippen LogP contribution in [0.4, 0.5) is 0 Å². The molecule has 0 aliphatic rings. The van der Waals surface area contributed by atoms with Crippen molar-refractivity contribution in [1.82, 2.24) is 5.32 Å². The first kappa shape index (κ1) is 81.2. The maximum absolute atomic E-state index is 13.1. The first-order chi connectivity index (χ1) is 41.0. The van der Waals surface area contributed by atoms with E-state index in [9.17, 15) is 19.4 Å². The van der Waals surface area contributed by atoms with Crippen molar-refractivity contribution >= 4 is 13.7 Å². The molecule has 0 saturated heterocycles. The summed E-state index contributed by atoms with van der Waals surface area (Å²) in [6.45, 7) is 4.63. The third kappa shape index (κ3) is 66.7. The lowest BCUT2D eigenvalue weighted by Gasteiger charge is -2.30. The van der Waals surface area contributed by atoms with E-state index in [0.717, 1.165) is 96.3 Å². The fourth-order valence-corrected chi connectivity index (χ4v) is 10.8. The Morgan fingerprint density at radius 3 is 1.06 bits per heavy atom. The first-order valence-electron chi connectivity index (χ1n) is 35.2. The second kappa shape index (κ2) is 64.6. The topological polar surface area (TPSA) is 108 Å². The van der Waals surface area contributed by atoms with Crippen LogP contribution in [0.3, 0.4) is 0 Å². The fraction of sp³-hybridized carbons (Fsp3) is 0.747. The quantitative estimate of drug-likeness (QED) is 0.0272. The van der Waals surface area contributed by atoms with Crippen LogP contribution in [0.2, 0.25) is 0 Å². The lowest BCUT2D eigenvalue weighted by molar-refractivity contribution is -0.870. The van der Waals surface area contributed by atoms with E-state index in [2.05, 4.69) is 129 Å². The van der Waals surface area contributed by atoms with Crippen molar-refractivity contribution in [3.05, 3.63) is 109 Å². The normalized spacial score (nSPS) is 14.3. The number of phosphoric ester groups is 1. The molecule has 1 amide bonds. The van der Waals surface area contributed by atoms with Crippen molar-refractivity contribution in [3.8, 4) is 0 Å². The molecule has 3 atom stereocenters. The second-order valence-corrected chi connectivity index (χ2v) is 26.3. The molecule has 0 aromatic carbocycles. The number of amides is 1. The number of nitrogens with zero attached hydrogens (tertiary/aromatic N) is 1. The molecule has 0 aliphatic heterocycles. The average Bonchev–Trinajstić information content (AvgIpc) is 3.56. The summed E-state index contributed by atoms with van der Waals surface area (Å²) in [6, 6.07) is -0.810. The maximum Gasteiger partial charge on any atom is 0.268 e. The zero-order chi connectivity index (χ0) is 61.2. The van der Waals surface area contributed by atoms with Gasteiger partial charge in [-0.05, 0) is 83.5 Å². The summed E-state index contributed by atoms with van der Waals surface area (Å²) >= 11 is 0. The summed E-state index contributed by atoms with van der Waals surface area (Å²) in [5.74, 6) is -0.168. The van der Waals surface area contributed by atoms with E-state index in [1.54, 1.807) is 0 Å². The number of phosphoric acid groups is 1. The zero-order valence-corrected chi connectivity index (χ0v) is 56.5. The molecule has 486 valence electrons. The Kier molecular flexibility index (Phi) is 62.4. The Morgan fingerprint density at radius 2 is 0.726 bits per heavy atom. The van der Waals surface area contributed by atoms with E-state index in [1.165, 1.54) is 186 Å². The molecule has 0 aromatic heterocycles. The molecule has 0 bridgehead atoms. The summed E-state index contributed by atoms with van der Waals surface area (Å²) in [5, 5.41) is 14.1. The molecule has 0 aromatic rings. The largest absolute Gasteiger partial charge is 0.756 e. The van der Waals surface area contributed by atoms with E-state index in [-0.39, 0.29) is 19.1 Å². The third-order valence-corrected chi connectivity index (χ3v) is 16.5. The van der Waals surface area contributed by atoms with Crippen LogP contribution in [0.25, 0.3) is 0 Å². The van der Waals surface area contributed by atoms with Crippen molar-refractivity contribution in [2.45, 2.75) is 321 Å². The minimum absolute atomic E-state index is 0.00811. The van der Waals surface area contributed by atoms with E-state index in [0.29, 0.717) is 23.9 Å². The van der Waals surface area contributed by atoms with Crippen molar-refractivity contribution in [2.75, 3.05) is 40.9 Å². The lowest BCUT2D eigenvalue weighted by Crippen LogP contribution is -2.46. The summed E-state index contributed by atoms with van der Waals surface area (Å²) in [7, 11) is 1.30. The van der Waals surface area contributed by atoms with Gasteiger partial charge in [0.1, 0.15) is 13.2 Å². The molecule has 0 rings (SSSR count). The van der Waals surface area contributed by atoms with E-state index in [1.807, 2.05) is 21.1 Å². The summed E-state index contributed by atoms with van der Waals surface area (Å²) < 4.78 is 23.5. The molecule has 0 saturated carbocycles. The van der Waals surface area contributed by atoms with Gasteiger partial charge in [0.25, 0.3) is 7.82 Å². The molecule has 84 heavy (non-hydrogen) atoms. The molecule has 0 aliphatic carbocycles. The predicted octanol–water partition coefficient (Wildman–Crippen LogP) is 22.0. The predicted molar refractivity (Wildman–Crippen MR) is 366 cm³/mol. The van der Waals surface area contributed by atoms with Crippen LogP contribution < -0.4 is 10.2 Å². The second-order valence-electron chi connectivity index (χ2n) is 24.9. The minimum Gasteiger partial charge on any atom is -0.756 e. The average molecular weight is 1190 g/mol. The van der Waals surface area contributed by atoms with Crippen molar-refractivity contribution in [2.24, 2.45) is 0 Å². The summed E-state index contributed by atoms with van der Waals surface area (Å²) in [4.78, 5) is 25.7. The molecule has 0 heterocycles. The number of hydrogen-bond donors (Lipinski definition) is 2. The van der Waals surface area contributed by atoms with Gasteiger partial charge in [0, 0.05) is 6.42 Å². The number of carbonyl (C=O) groups excluding carboxylic acids is 1. The lowest BCUT2D eigenvalue weighted by atomic mass is 10.0. The molecular formula is C75H135N2O6P. The van der Waals surface area contributed by atoms with Crippen molar-refractivity contribution < 1.29 is 32.9 Å². The van der Waals surface area contributed by atoms with E-state index < -0.39 is 20.0 Å². The highest BCUT2D eigenvalue weighted by atomic mass is 31.2. The number of aliphatic hydroxyl groups is 1. The molecule has 0 fully saturated rings. The van der Waals surface area contributed by atoms with Gasteiger partial charge in [0.15, 0.2) is 0 Å². The Labute approximate surface area is 521 Å². The van der Waals surface area contributed by atoms with Gasteiger partial charge in [-0.25, -0.2) is 0 Å². The van der Waals surface area contributed by atoms with Gasteiger partial charge in [-0.1, -0.05) is 329 Å². The van der Waals surface area contributed by atoms with Crippen LogP contribution >= 0.6 is 7.82 Å². The number of likely N-dealkylation sites (N-methyl/N-ethyl adjacent to an activating group) is 1. The van der Waals surface area contributed by atoms with Crippen molar-refractivity contribution in [3.63, 3.8) is 0 Å². The smallest absolute Gasteiger partial charge is 0.268 e. The number of quaternary nitrogens is 1. The van der Waals surface area contributed by atoms with Gasteiger partial charge >= 0.3 is 0 Å². The van der Waals surface area contributed by atoms with Gasteiger partial charge < -0.3 is 28.8 Å². The number of nitrogens with one attached hydrogen (secondary N) is 1. The van der Waals surface area contributed by atoms with Crippen LogP contribution in [0.5, 0.6) is 0 Å². The van der Waals surface area contributed by atoms with Crippen LogP contribution in [-0.2, 0) is 18.4 Å². The minimum atomic E-state index is -4.59. The summed E-state index contributed by atoms with van der Waals surface area (Å²) in [6.07, 6.45) is 94.4. The molecule has 8 nitrogen and oxygen atoms in total. The highest BCUT2D eigenvalue weighted by molar-refractivity contribution is 7.45. The van der Waals surface area contributed by atoms with Gasteiger partial charge in [0.2, 0.25) is 5.91 Å². The number of allylic oxidation sites excluding steroid dienone is 18. The molecule has 9 heteroatoms. The number of aliphatic hydroxyl groups excluding tert-OH is 1. The standard InChI is InChI=1S/C75H135N2O6P/c1-6-8-10-12-14-16-18-20-22-24-26-28-30-31-32-33-34-35-36-37-38-39-40-41-42-43-44-45-47-49-51-53-55-57-59-61-63-65-67-69-75(79)76-73(72-83-84(80,81)82-71-70-77(3,4)5)74(78)68-66-64-62-60-58-56-54-52-50-48-46-29-27-25-23-21-19-17-15-13-11-9-7-2/h8,10,14,16,20,22,26,28,31-32,34-35,37-38,40-41,43-44,73-74,78H,6-7,9,11-13,15,17-19,21,23-25,27,29-30,33,36,39,42,45-72H2,1-5H3,(H-,76,79,80,81)/b10-8-,16-14-,22-20-,28-26-,32-31-,35-34-,38-37-,41-40-,44-43-. The van der Waals surface area contributed by atoms with Crippen LogP contribution in [-0.4, -0.2) is 68.5 Å². The zero-order valence-electron chi connectivity index (χ0n) is 55.6. The molecule has 0 spiro atoms. The molecule has 2 N–H and O–H groups in total. The number of rotatable bonds is 64. The van der Waals surface area contributed by atoms with E-state index in [4.69, 9.17) is 9.05 Å². The number of carbonyl (C=O) groups is 1. The van der Waals surface area contributed by atoms with Crippen LogP contribution in [0, 0.1) is 0 Å². The van der Waals surface area contributed by atoms with Crippen LogP contribution in [0.15, 0.2) is 109 Å². The highest BCUT2D eigenvalue weighted by Gasteiger charge is 2.24. The molecule has 0 radical (unpaired) electrons. The Morgan fingerprint density at radius 1 is 0.429 bits per heavy atom. The van der Waals surface area contributed by atoms with Crippen LogP contribution in [0.1, 0.15) is 309 Å². The number of hydrogen-bond acceptors (Lipinski definition) is 6. The molecule has 3 unspecified atom stereocenters. The Hall–Kier alpha value is -2.84. The fourth-order valence-electron chi connectivity index (χ4n) is 10.1. The SMILES string of the molecule is CC/C=C\C/C=C\C/C=C\C/C=C\C/C=C\C/C=C\C/C=C\C/C=C\C/C=C\CCCCCCCCCCCCCC(=O)NC(COP(=O)([O-])OCC[N+](C)(C)C)C(O)CCCCCCCCCCCCCCCCCCCCCCCCC. The Balaban J connectivity index is 4.07. The maximum atomic E-state index is 13.1. The summed E-state index contributed by atoms with van der Waals surface area (Å²) in [5.41, 5.74) is 0. The Bertz CT molecular complexity index is 1740. The molecular weight excluding hydrogens is 1060 g/mol. The van der Waals surface area contributed by atoms with Gasteiger partial charge in [-0.3, -0.25) is 9.36 Å². The monoisotopic (exact) mass is 1190 g/mol.